The number of piperidine rings is 1. The van der Waals surface area contributed by atoms with Gasteiger partial charge in [0, 0.05) is 37.5 Å². The van der Waals surface area contributed by atoms with E-state index in [1.165, 1.54) is 19.3 Å². The van der Waals surface area contributed by atoms with Crippen molar-refractivity contribution < 1.29 is 9.53 Å². The Balaban J connectivity index is 1.45. The van der Waals surface area contributed by atoms with E-state index in [0.29, 0.717) is 11.9 Å². The van der Waals surface area contributed by atoms with E-state index in [1.54, 1.807) is 7.11 Å². The fourth-order valence-corrected chi connectivity index (χ4v) is 4.33. The molecule has 6 heteroatoms. The van der Waals surface area contributed by atoms with E-state index in [2.05, 4.69) is 21.2 Å². The molecule has 0 radical (unpaired) electrons. The molecule has 6 nitrogen and oxygen atoms in total. The molecular weight excluding hydrogens is 328 g/mol. The molecule has 0 aliphatic carbocycles. The highest BCUT2D eigenvalue weighted by Crippen LogP contribution is 2.27. The van der Waals surface area contributed by atoms with Crippen molar-refractivity contribution in [2.75, 3.05) is 26.7 Å². The second kappa shape index (κ2) is 7.66. The smallest absolute Gasteiger partial charge is 0.222 e. The number of amides is 1. The molecule has 3 heterocycles. The first-order valence-electron chi connectivity index (χ1n) is 9.77. The van der Waals surface area contributed by atoms with Crippen molar-refractivity contribution >= 4 is 16.8 Å². The molecule has 2 fully saturated rings. The van der Waals surface area contributed by atoms with Gasteiger partial charge in [-0.1, -0.05) is 6.42 Å². The van der Waals surface area contributed by atoms with Crippen LogP contribution < -0.4 is 4.74 Å². The number of carbonyl (C=O) groups excluding carboxylic acids is 1. The Morgan fingerprint density at radius 1 is 1.27 bits per heavy atom. The number of rotatable bonds is 6. The fraction of sp³-hybridized carbons (Fsp3) is 0.600. The van der Waals surface area contributed by atoms with Crippen LogP contribution >= 0.6 is 0 Å². The van der Waals surface area contributed by atoms with Crippen LogP contribution in [0.5, 0.6) is 5.75 Å². The first-order valence-corrected chi connectivity index (χ1v) is 9.77. The third-order valence-electron chi connectivity index (χ3n) is 5.85. The number of H-pyrrole nitrogens is 1. The van der Waals surface area contributed by atoms with E-state index in [0.717, 1.165) is 67.8 Å². The molecular formula is C20H28N4O2. The van der Waals surface area contributed by atoms with Crippen LogP contribution in [0.4, 0.5) is 0 Å². The molecule has 1 amide bonds. The Morgan fingerprint density at radius 3 is 3.00 bits per heavy atom. The van der Waals surface area contributed by atoms with E-state index in [-0.39, 0.29) is 0 Å². The van der Waals surface area contributed by atoms with Gasteiger partial charge in [0.05, 0.1) is 18.3 Å². The lowest BCUT2D eigenvalue weighted by molar-refractivity contribution is -0.127. The minimum atomic E-state index is 0.332. The summed E-state index contributed by atoms with van der Waals surface area (Å²) in [6.07, 6.45) is 6.57. The van der Waals surface area contributed by atoms with Crippen LogP contribution in [0.1, 0.15) is 44.2 Å². The lowest BCUT2D eigenvalue weighted by atomic mass is 9.98. The van der Waals surface area contributed by atoms with Crippen molar-refractivity contribution in [1.29, 1.82) is 0 Å². The van der Waals surface area contributed by atoms with Gasteiger partial charge in [-0.25, -0.2) is 0 Å². The Kier molecular flexibility index (Phi) is 5.11. The molecule has 2 aliphatic rings. The molecule has 1 N–H and O–H groups in total. The zero-order valence-electron chi connectivity index (χ0n) is 15.5. The standard InChI is InChI=1S/C20H28N4O2/c1-26-16-7-8-18-17(13-16)19(22-21-18)14-24-10-3-2-5-15(24)9-12-23-11-4-6-20(23)25/h7-8,13,15H,2-6,9-12,14H2,1H3,(H,21,22)/t15-/m1/s1. The van der Waals surface area contributed by atoms with Crippen LogP contribution in [0, 0.1) is 0 Å². The molecule has 2 aliphatic heterocycles. The van der Waals surface area contributed by atoms with Gasteiger partial charge in [0.2, 0.25) is 5.91 Å². The highest BCUT2D eigenvalue weighted by Gasteiger charge is 2.26. The number of hydrogen-bond donors (Lipinski definition) is 1. The number of ether oxygens (including phenoxy) is 1. The van der Waals surface area contributed by atoms with Gasteiger partial charge in [0.25, 0.3) is 0 Å². The highest BCUT2D eigenvalue weighted by molar-refractivity contribution is 5.82. The fourth-order valence-electron chi connectivity index (χ4n) is 4.33. The number of hydrogen-bond acceptors (Lipinski definition) is 4. The van der Waals surface area contributed by atoms with Gasteiger partial charge in [0.1, 0.15) is 5.75 Å². The molecule has 2 aromatic rings. The quantitative estimate of drug-likeness (QED) is 0.864. The second-order valence-electron chi connectivity index (χ2n) is 7.48. The third kappa shape index (κ3) is 3.56. The van der Waals surface area contributed by atoms with E-state index in [9.17, 15) is 4.79 Å². The van der Waals surface area contributed by atoms with Gasteiger partial charge in [-0.3, -0.25) is 14.8 Å². The lowest BCUT2D eigenvalue weighted by Gasteiger charge is -2.36. The van der Waals surface area contributed by atoms with Crippen molar-refractivity contribution in [3.05, 3.63) is 23.9 Å². The van der Waals surface area contributed by atoms with Crippen LogP contribution in [0.15, 0.2) is 18.2 Å². The molecule has 26 heavy (non-hydrogen) atoms. The van der Waals surface area contributed by atoms with E-state index in [4.69, 9.17) is 4.74 Å². The predicted molar refractivity (Wildman–Crippen MR) is 101 cm³/mol. The highest BCUT2D eigenvalue weighted by atomic mass is 16.5. The maximum Gasteiger partial charge on any atom is 0.222 e. The number of aromatic nitrogens is 2. The number of fused-ring (bicyclic) bond motifs is 1. The Bertz CT molecular complexity index is 772. The number of nitrogens with zero attached hydrogens (tertiary/aromatic N) is 3. The summed E-state index contributed by atoms with van der Waals surface area (Å²) in [6.45, 7) is 3.83. The van der Waals surface area contributed by atoms with Crippen molar-refractivity contribution in [3.8, 4) is 5.75 Å². The van der Waals surface area contributed by atoms with Crippen molar-refractivity contribution in [1.82, 2.24) is 20.0 Å². The van der Waals surface area contributed by atoms with Gasteiger partial charge in [-0.2, -0.15) is 5.10 Å². The summed E-state index contributed by atoms with van der Waals surface area (Å²) in [4.78, 5) is 16.5. The van der Waals surface area contributed by atoms with Gasteiger partial charge in [-0.15, -0.1) is 0 Å². The topological polar surface area (TPSA) is 61.5 Å². The van der Waals surface area contributed by atoms with E-state index < -0.39 is 0 Å². The number of benzene rings is 1. The first kappa shape index (κ1) is 17.3. The van der Waals surface area contributed by atoms with Gasteiger partial charge in [0.15, 0.2) is 0 Å². The summed E-state index contributed by atoms with van der Waals surface area (Å²) in [6, 6.07) is 6.56. The van der Waals surface area contributed by atoms with Crippen LogP contribution in [0.25, 0.3) is 10.9 Å². The summed E-state index contributed by atoms with van der Waals surface area (Å²) in [5.41, 5.74) is 2.14. The average Bonchev–Trinajstić information content (AvgIpc) is 3.26. The number of nitrogens with one attached hydrogen (secondary N) is 1. The SMILES string of the molecule is COc1ccc2n[nH]c(CN3CCCC[C@@H]3CCN3CCCC3=O)c2c1. The Hall–Kier alpha value is -2.08. The molecule has 1 atom stereocenters. The van der Waals surface area contributed by atoms with Crippen LogP contribution in [-0.2, 0) is 11.3 Å². The largest absolute Gasteiger partial charge is 0.497 e. The molecule has 0 spiro atoms. The third-order valence-corrected chi connectivity index (χ3v) is 5.85. The molecule has 1 aromatic carbocycles. The Morgan fingerprint density at radius 2 is 2.19 bits per heavy atom. The van der Waals surface area contributed by atoms with Gasteiger partial charge >= 0.3 is 0 Å². The number of carbonyl (C=O) groups is 1. The maximum absolute atomic E-state index is 11.9. The summed E-state index contributed by atoms with van der Waals surface area (Å²) < 4.78 is 5.37. The summed E-state index contributed by atoms with van der Waals surface area (Å²) >= 11 is 0. The molecule has 4 rings (SSSR count). The van der Waals surface area contributed by atoms with Gasteiger partial charge in [-0.05, 0) is 50.4 Å². The van der Waals surface area contributed by atoms with E-state index in [1.807, 2.05) is 17.0 Å². The van der Waals surface area contributed by atoms with Crippen molar-refractivity contribution in [2.24, 2.45) is 0 Å². The molecule has 2 saturated heterocycles. The normalized spacial score (nSPS) is 21.7. The monoisotopic (exact) mass is 356 g/mol. The molecule has 0 bridgehead atoms. The number of aromatic amines is 1. The molecule has 0 saturated carbocycles. The first-order chi connectivity index (χ1) is 12.7. The number of methoxy groups -OCH3 is 1. The van der Waals surface area contributed by atoms with E-state index >= 15 is 0 Å². The lowest BCUT2D eigenvalue weighted by Crippen LogP contribution is -2.41. The zero-order valence-corrected chi connectivity index (χ0v) is 15.5. The summed E-state index contributed by atoms with van der Waals surface area (Å²) in [7, 11) is 1.70. The van der Waals surface area contributed by atoms with Crippen LogP contribution in [0.3, 0.4) is 0 Å². The zero-order chi connectivity index (χ0) is 17.9. The van der Waals surface area contributed by atoms with Crippen LogP contribution in [0.2, 0.25) is 0 Å². The average molecular weight is 356 g/mol. The number of likely N-dealkylation sites (tertiary alicyclic amines) is 2. The minimum absolute atomic E-state index is 0.332. The molecule has 140 valence electrons. The van der Waals surface area contributed by atoms with Crippen LogP contribution in [-0.4, -0.2) is 58.7 Å². The molecule has 1 aromatic heterocycles. The van der Waals surface area contributed by atoms with Crippen molar-refractivity contribution in [3.63, 3.8) is 0 Å². The maximum atomic E-state index is 11.9. The summed E-state index contributed by atoms with van der Waals surface area (Å²) in [5, 5.41) is 8.81. The minimum Gasteiger partial charge on any atom is -0.497 e. The molecule has 0 unspecified atom stereocenters. The van der Waals surface area contributed by atoms with Crippen molar-refractivity contribution in [2.45, 2.75) is 51.1 Å². The second-order valence-corrected chi connectivity index (χ2v) is 7.48. The predicted octanol–water partition coefficient (Wildman–Crippen LogP) is 2.94. The summed E-state index contributed by atoms with van der Waals surface area (Å²) in [5.74, 6) is 1.20. The Labute approximate surface area is 154 Å². The van der Waals surface area contributed by atoms with Gasteiger partial charge < -0.3 is 9.64 Å².